The molecule has 2 unspecified atom stereocenters. The van der Waals surface area contributed by atoms with Crippen molar-refractivity contribution >= 4 is 0 Å². The molecule has 0 heteroatoms. The molecule has 0 heterocycles. The van der Waals surface area contributed by atoms with Gasteiger partial charge in [-0.25, -0.2) is 0 Å². The maximum Gasteiger partial charge on any atom is 0.0152 e. The summed E-state index contributed by atoms with van der Waals surface area (Å²) in [6.45, 7) is 24.2. The quantitative estimate of drug-likeness (QED) is 0.477. The monoisotopic (exact) mass is 246 g/mol. The van der Waals surface area contributed by atoms with E-state index in [9.17, 15) is 0 Å². The van der Waals surface area contributed by atoms with Crippen LogP contribution in [0.1, 0.15) is 69.2 Å². The molecule has 102 valence electrons. The van der Waals surface area contributed by atoms with E-state index in [2.05, 4.69) is 69.2 Å². The molecular weight excluding hydrogens is 216 g/mol. The first-order valence-electron chi connectivity index (χ1n) is 7.25. The van der Waals surface area contributed by atoms with Gasteiger partial charge in [-0.05, 0) is 38.5 Å². The van der Waals surface area contributed by atoms with Crippen molar-refractivity contribution < 1.29 is 0 Å². The third kappa shape index (κ3) is 0.949. The highest BCUT2D eigenvalue weighted by Crippen LogP contribution is 2.77. The summed E-state index contributed by atoms with van der Waals surface area (Å²) in [5.74, 6) is 0. The van der Waals surface area contributed by atoms with Gasteiger partial charge >= 0.3 is 0 Å². The Kier molecular flexibility index (Phi) is 2.42. The fourth-order valence-corrected chi connectivity index (χ4v) is 5.41. The topological polar surface area (TPSA) is 0 Å². The minimum atomic E-state index is 0.228. The molecule has 2 rings (SSSR count). The van der Waals surface area contributed by atoms with Crippen LogP contribution in [0.5, 0.6) is 0 Å². The van der Waals surface area contributed by atoms with Crippen LogP contribution in [0.2, 0.25) is 0 Å². The Labute approximate surface area is 114 Å². The number of hydrogen-bond acceptors (Lipinski definition) is 0. The van der Waals surface area contributed by atoms with Gasteiger partial charge < -0.3 is 0 Å². The average molecular weight is 246 g/mol. The van der Waals surface area contributed by atoms with Gasteiger partial charge in [0.25, 0.3) is 0 Å². The molecule has 0 fully saturated rings. The van der Waals surface area contributed by atoms with Crippen molar-refractivity contribution in [2.75, 3.05) is 0 Å². The summed E-state index contributed by atoms with van der Waals surface area (Å²) in [6.07, 6.45) is 0. The highest BCUT2D eigenvalue weighted by Gasteiger charge is 2.68. The highest BCUT2D eigenvalue weighted by atomic mass is 14.7. The van der Waals surface area contributed by atoms with E-state index in [0.29, 0.717) is 0 Å². The number of rotatable bonds is 0. The van der Waals surface area contributed by atoms with Gasteiger partial charge in [0.1, 0.15) is 0 Å². The Balaban J connectivity index is 2.98. The van der Waals surface area contributed by atoms with E-state index >= 15 is 0 Å². The van der Waals surface area contributed by atoms with Crippen LogP contribution in [0.25, 0.3) is 0 Å². The Morgan fingerprint density at radius 3 is 1.39 bits per heavy atom. The maximum atomic E-state index is 2.49. The normalized spacial score (nSPS) is 41.7. The summed E-state index contributed by atoms with van der Waals surface area (Å²) in [5, 5.41) is 0. The molecule has 2 aliphatic carbocycles. The molecule has 0 aromatic heterocycles. The van der Waals surface area contributed by atoms with Crippen LogP contribution in [0, 0.1) is 21.7 Å². The number of hydrogen-bond donors (Lipinski definition) is 0. The SMILES string of the molecule is CC1=C(C)C2(C)C(C)=C(C)C(C)(C1(C)C)C2(C)C. The van der Waals surface area contributed by atoms with Gasteiger partial charge in [-0.2, -0.15) is 0 Å². The maximum absolute atomic E-state index is 2.49. The molecule has 0 N–H and O–H groups in total. The smallest absolute Gasteiger partial charge is 0.0152 e. The van der Waals surface area contributed by atoms with Gasteiger partial charge in [-0.1, -0.05) is 63.8 Å². The molecular formula is C18H30. The number of allylic oxidation sites excluding steroid dienone is 4. The Hall–Kier alpha value is -0.520. The van der Waals surface area contributed by atoms with Crippen LogP contribution in [0.3, 0.4) is 0 Å². The van der Waals surface area contributed by atoms with Gasteiger partial charge in [-0.15, -0.1) is 0 Å². The molecule has 0 saturated carbocycles. The predicted octanol–water partition coefficient (Wildman–Crippen LogP) is 5.75. The molecule has 18 heavy (non-hydrogen) atoms. The molecule has 0 aromatic rings. The van der Waals surface area contributed by atoms with E-state index < -0.39 is 0 Å². The van der Waals surface area contributed by atoms with Crippen molar-refractivity contribution in [2.24, 2.45) is 21.7 Å². The van der Waals surface area contributed by atoms with Crippen molar-refractivity contribution in [1.29, 1.82) is 0 Å². The summed E-state index contributed by atoms with van der Waals surface area (Å²) >= 11 is 0. The van der Waals surface area contributed by atoms with Crippen LogP contribution in [-0.2, 0) is 0 Å². The van der Waals surface area contributed by atoms with Crippen LogP contribution >= 0.6 is 0 Å². The van der Waals surface area contributed by atoms with Crippen molar-refractivity contribution in [1.82, 2.24) is 0 Å². The second-order valence-electron chi connectivity index (χ2n) is 8.00. The second-order valence-corrected chi connectivity index (χ2v) is 8.00. The van der Waals surface area contributed by atoms with E-state index in [0.717, 1.165) is 0 Å². The molecule has 0 nitrogen and oxygen atoms in total. The molecule has 0 aliphatic heterocycles. The summed E-state index contributed by atoms with van der Waals surface area (Å²) in [6, 6.07) is 0. The molecule has 0 radical (unpaired) electrons. The highest BCUT2D eigenvalue weighted by molar-refractivity contribution is 5.52. The molecule has 0 spiro atoms. The Morgan fingerprint density at radius 2 is 0.944 bits per heavy atom. The van der Waals surface area contributed by atoms with Gasteiger partial charge in [0, 0.05) is 10.8 Å². The van der Waals surface area contributed by atoms with E-state index in [1.54, 1.807) is 22.3 Å². The van der Waals surface area contributed by atoms with E-state index in [1.165, 1.54) is 0 Å². The molecule has 0 amide bonds. The second kappa shape index (κ2) is 3.14. The van der Waals surface area contributed by atoms with E-state index in [1.807, 2.05) is 0 Å². The van der Waals surface area contributed by atoms with Crippen molar-refractivity contribution in [3.05, 3.63) is 22.3 Å². The Morgan fingerprint density at radius 1 is 0.556 bits per heavy atom. The largest absolute Gasteiger partial charge is 0.0670 e. The molecule has 0 aromatic carbocycles. The average Bonchev–Trinajstić information content (AvgIpc) is 2.38. The Bertz CT molecular complexity index is 484. The van der Waals surface area contributed by atoms with Gasteiger partial charge in [0.15, 0.2) is 0 Å². The zero-order chi connectivity index (χ0) is 14.3. The molecule has 2 aliphatic rings. The van der Waals surface area contributed by atoms with E-state index in [4.69, 9.17) is 0 Å². The van der Waals surface area contributed by atoms with Crippen LogP contribution < -0.4 is 0 Å². The zero-order valence-electron chi connectivity index (χ0n) is 14.0. The fourth-order valence-electron chi connectivity index (χ4n) is 5.41. The first-order valence-corrected chi connectivity index (χ1v) is 7.25. The third-order valence-corrected chi connectivity index (χ3v) is 8.06. The number of fused-ring (bicyclic) bond motifs is 2. The van der Waals surface area contributed by atoms with Crippen LogP contribution in [0.4, 0.5) is 0 Å². The lowest BCUT2D eigenvalue weighted by molar-refractivity contribution is -0.0356. The lowest BCUT2D eigenvalue weighted by Crippen LogP contribution is -2.55. The lowest BCUT2D eigenvalue weighted by atomic mass is 9.42. The first kappa shape index (κ1) is 13.9. The summed E-state index contributed by atoms with van der Waals surface area (Å²) < 4.78 is 0. The molecule has 0 saturated heterocycles. The van der Waals surface area contributed by atoms with Crippen LogP contribution in [-0.4, -0.2) is 0 Å². The van der Waals surface area contributed by atoms with E-state index in [-0.39, 0.29) is 21.7 Å². The predicted molar refractivity (Wildman–Crippen MR) is 80.5 cm³/mol. The lowest BCUT2D eigenvalue weighted by Gasteiger charge is -2.62. The van der Waals surface area contributed by atoms with Crippen LogP contribution in [0.15, 0.2) is 22.3 Å². The summed E-state index contributed by atoms with van der Waals surface area (Å²) in [7, 11) is 0. The van der Waals surface area contributed by atoms with Gasteiger partial charge in [-0.3, -0.25) is 0 Å². The van der Waals surface area contributed by atoms with Gasteiger partial charge in [0.05, 0.1) is 0 Å². The van der Waals surface area contributed by atoms with Gasteiger partial charge in [0.2, 0.25) is 0 Å². The summed E-state index contributed by atoms with van der Waals surface area (Å²) in [4.78, 5) is 0. The molecule has 2 bridgehead atoms. The standard InChI is InChI=1S/C18H30/c1-11-12(2)17(9)13(3)14(4)18(10,15(11,5)6)16(17,7)8/h1-10H3. The van der Waals surface area contributed by atoms with Crippen molar-refractivity contribution in [3.63, 3.8) is 0 Å². The third-order valence-electron chi connectivity index (χ3n) is 8.06. The van der Waals surface area contributed by atoms with Crippen molar-refractivity contribution in [2.45, 2.75) is 69.2 Å². The summed E-state index contributed by atoms with van der Waals surface area (Å²) in [5.41, 5.74) is 7.43. The first-order chi connectivity index (χ1) is 7.88. The minimum Gasteiger partial charge on any atom is -0.0670 e. The van der Waals surface area contributed by atoms with Crippen molar-refractivity contribution in [3.8, 4) is 0 Å². The zero-order valence-corrected chi connectivity index (χ0v) is 14.0. The minimum absolute atomic E-state index is 0.228. The fraction of sp³-hybridized carbons (Fsp3) is 0.778. The molecule has 2 atom stereocenters.